The number of aliphatic imine (C=N–C) groups is 1. The minimum Gasteiger partial charge on any atom is -0.264 e. The summed E-state index contributed by atoms with van der Waals surface area (Å²) in [5.74, 6) is 0. The lowest BCUT2D eigenvalue weighted by Gasteiger charge is -2.29. The molecule has 0 aliphatic carbocycles. The van der Waals surface area contributed by atoms with Crippen LogP contribution in [-0.2, 0) is 12.0 Å². The molecule has 1 atom stereocenters. The Morgan fingerprint density at radius 2 is 1.36 bits per heavy atom. The third-order valence-electron chi connectivity index (χ3n) is 5.30. The van der Waals surface area contributed by atoms with E-state index in [0.717, 1.165) is 18.4 Å². The first kappa shape index (κ1) is 18.5. The van der Waals surface area contributed by atoms with Gasteiger partial charge in [-0.15, -0.1) is 0 Å². The zero-order valence-corrected chi connectivity index (χ0v) is 15.3. The number of hydrogen-bond acceptors (Lipinski definition) is 1. The summed E-state index contributed by atoms with van der Waals surface area (Å²) in [4.78, 5) is 4.35. The Hall–Kier alpha value is -2.88. The molecule has 1 aliphatic rings. The Balaban J connectivity index is 1.77. The molecular weight excluding hydrogens is 359 g/mol. The average molecular weight is 379 g/mol. The molecule has 0 radical (unpaired) electrons. The topological polar surface area (TPSA) is 12.4 Å². The number of halogens is 3. The summed E-state index contributed by atoms with van der Waals surface area (Å²) in [5.41, 5.74) is 1.04. The molecule has 1 heterocycles. The second-order valence-electron chi connectivity index (χ2n) is 7.07. The Morgan fingerprint density at radius 1 is 0.750 bits per heavy atom. The quantitative estimate of drug-likeness (QED) is 0.492. The van der Waals surface area contributed by atoms with Crippen LogP contribution >= 0.6 is 0 Å². The minimum atomic E-state index is -4.48. The summed E-state index contributed by atoms with van der Waals surface area (Å²) in [5, 5.41) is 0. The van der Waals surface area contributed by atoms with E-state index >= 15 is 0 Å². The highest BCUT2D eigenvalue weighted by Gasteiger charge is 2.49. The third kappa shape index (κ3) is 3.35. The number of alkyl halides is 3. The van der Waals surface area contributed by atoms with Crippen LogP contribution in [0, 0.1) is 0 Å². The lowest BCUT2D eigenvalue weighted by Crippen LogP contribution is -2.25. The lowest BCUT2D eigenvalue weighted by molar-refractivity contribution is -0.0581. The standard InChI is InChI=1S/C24H20F3N/c25-24(26,27)22-20-15-7-8-16-21(20)23(28-22,19-13-5-2-6-14-19)17-9-12-18-10-3-1-4-11-18/h1-8,10-11,13-16H,9,12,17H2/t23-/m1/s1. The van der Waals surface area contributed by atoms with Crippen molar-refractivity contribution < 1.29 is 13.2 Å². The molecule has 3 aromatic carbocycles. The largest absolute Gasteiger partial charge is 0.433 e. The first-order chi connectivity index (χ1) is 13.5. The molecule has 0 saturated carbocycles. The summed E-state index contributed by atoms with van der Waals surface area (Å²) < 4.78 is 41.3. The Labute approximate surface area is 162 Å². The van der Waals surface area contributed by atoms with E-state index in [2.05, 4.69) is 4.99 Å². The maximum Gasteiger partial charge on any atom is 0.433 e. The highest BCUT2D eigenvalue weighted by Crippen LogP contribution is 2.47. The number of rotatable bonds is 5. The molecule has 1 nitrogen and oxygen atoms in total. The molecule has 0 saturated heterocycles. The molecule has 0 aromatic heterocycles. The molecule has 4 heteroatoms. The fourth-order valence-corrected chi connectivity index (χ4v) is 4.04. The van der Waals surface area contributed by atoms with Crippen LogP contribution in [0.3, 0.4) is 0 Å². The first-order valence-corrected chi connectivity index (χ1v) is 9.37. The number of fused-ring (bicyclic) bond motifs is 1. The highest BCUT2D eigenvalue weighted by atomic mass is 19.4. The molecule has 142 valence electrons. The van der Waals surface area contributed by atoms with Crippen LogP contribution < -0.4 is 0 Å². The SMILES string of the molecule is FC(F)(F)C1=N[C@](CCCc2ccccc2)(c2ccccc2)c2ccccc21. The van der Waals surface area contributed by atoms with E-state index in [0.29, 0.717) is 12.0 Å². The van der Waals surface area contributed by atoms with Crippen molar-refractivity contribution in [2.45, 2.75) is 31.0 Å². The van der Waals surface area contributed by atoms with E-state index < -0.39 is 17.4 Å². The zero-order chi connectivity index (χ0) is 19.6. The number of benzene rings is 3. The number of aryl methyl sites for hydroxylation is 1. The van der Waals surface area contributed by atoms with Crippen LogP contribution in [-0.4, -0.2) is 11.9 Å². The van der Waals surface area contributed by atoms with Gasteiger partial charge in [0.15, 0.2) is 0 Å². The second-order valence-corrected chi connectivity index (χ2v) is 7.07. The lowest BCUT2D eigenvalue weighted by atomic mass is 9.79. The Kier molecular flexibility index (Phi) is 4.80. The van der Waals surface area contributed by atoms with E-state index in [1.807, 2.05) is 60.7 Å². The fraction of sp³-hybridized carbons (Fsp3) is 0.208. The maximum atomic E-state index is 13.8. The summed E-state index contributed by atoms with van der Waals surface area (Å²) in [6.07, 6.45) is -2.43. The van der Waals surface area contributed by atoms with Crippen molar-refractivity contribution in [3.8, 4) is 0 Å². The zero-order valence-electron chi connectivity index (χ0n) is 15.3. The van der Waals surface area contributed by atoms with Crippen LogP contribution in [0.1, 0.15) is 35.1 Å². The van der Waals surface area contributed by atoms with Crippen LogP contribution in [0.4, 0.5) is 13.2 Å². The normalized spacial score (nSPS) is 18.6. The van der Waals surface area contributed by atoms with Crippen LogP contribution in [0.25, 0.3) is 0 Å². The Morgan fingerprint density at radius 3 is 2.04 bits per heavy atom. The van der Waals surface area contributed by atoms with Gasteiger partial charge in [0, 0.05) is 5.56 Å². The minimum absolute atomic E-state index is 0.193. The molecule has 28 heavy (non-hydrogen) atoms. The Bertz CT molecular complexity index is 977. The summed E-state index contributed by atoms with van der Waals surface area (Å²) in [6.45, 7) is 0. The van der Waals surface area contributed by atoms with Gasteiger partial charge in [-0.05, 0) is 36.0 Å². The molecule has 4 rings (SSSR count). The maximum absolute atomic E-state index is 13.8. The van der Waals surface area contributed by atoms with Crippen LogP contribution in [0.5, 0.6) is 0 Å². The molecule has 0 unspecified atom stereocenters. The number of nitrogens with zero attached hydrogens (tertiary/aromatic N) is 1. The monoisotopic (exact) mass is 379 g/mol. The van der Waals surface area contributed by atoms with Gasteiger partial charge in [-0.3, -0.25) is 4.99 Å². The van der Waals surface area contributed by atoms with Crippen molar-refractivity contribution in [2.75, 3.05) is 0 Å². The predicted octanol–water partition coefficient (Wildman–Crippen LogP) is 6.32. The van der Waals surface area contributed by atoms with E-state index in [1.165, 1.54) is 11.6 Å². The summed E-state index contributed by atoms with van der Waals surface area (Å²) >= 11 is 0. The van der Waals surface area contributed by atoms with Gasteiger partial charge in [0.05, 0.1) is 0 Å². The fourth-order valence-electron chi connectivity index (χ4n) is 4.04. The van der Waals surface area contributed by atoms with Crippen LogP contribution in [0.2, 0.25) is 0 Å². The highest BCUT2D eigenvalue weighted by molar-refractivity contribution is 6.08. The average Bonchev–Trinajstić information content (AvgIpc) is 3.06. The summed E-state index contributed by atoms with van der Waals surface area (Å²) in [6, 6.07) is 26.1. The van der Waals surface area contributed by atoms with Crippen molar-refractivity contribution in [3.05, 3.63) is 107 Å². The predicted molar refractivity (Wildman–Crippen MR) is 106 cm³/mol. The molecular formula is C24H20F3N. The van der Waals surface area contributed by atoms with Gasteiger partial charge >= 0.3 is 6.18 Å². The van der Waals surface area contributed by atoms with Gasteiger partial charge in [-0.1, -0.05) is 84.9 Å². The molecule has 3 aromatic rings. The van der Waals surface area contributed by atoms with Gasteiger partial charge < -0.3 is 0 Å². The molecule has 0 amide bonds. The second kappa shape index (κ2) is 7.27. The van der Waals surface area contributed by atoms with Gasteiger partial charge in [0.25, 0.3) is 0 Å². The van der Waals surface area contributed by atoms with Gasteiger partial charge in [0.2, 0.25) is 0 Å². The van der Waals surface area contributed by atoms with E-state index in [4.69, 9.17) is 0 Å². The molecule has 0 N–H and O–H groups in total. The molecule has 1 aliphatic heterocycles. The van der Waals surface area contributed by atoms with Gasteiger partial charge in [-0.2, -0.15) is 13.2 Å². The number of hydrogen-bond donors (Lipinski definition) is 0. The van der Waals surface area contributed by atoms with Crippen molar-refractivity contribution in [2.24, 2.45) is 4.99 Å². The van der Waals surface area contributed by atoms with Crippen molar-refractivity contribution in [1.29, 1.82) is 0 Å². The van der Waals surface area contributed by atoms with E-state index in [9.17, 15) is 13.2 Å². The van der Waals surface area contributed by atoms with Crippen molar-refractivity contribution in [1.82, 2.24) is 0 Å². The van der Waals surface area contributed by atoms with E-state index in [1.54, 1.807) is 18.2 Å². The molecule has 0 bridgehead atoms. The first-order valence-electron chi connectivity index (χ1n) is 9.37. The van der Waals surface area contributed by atoms with Crippen LogP contribution in [0.15, 0.2) is 89.9 Å². The van der Waals surface area contributed by atoms with Gasteiger partial charge in [-0.25, -0.2) is 0 Å². The van der Waals surface area contributed by atoms with Crippen molar-refractivity contribution in [3.63, 3.8) is 0 Å². The molecule has 0 fully saturated rings. The smallest absolute Gasteiger partial charge is 0.264 e. The van der Waals surface area contributed by atoms with Gasteiger partial charge in [0.1, 0.15) is 11.3 Å². The third-order valence-corrected chi connectivity index (χ3v) is 5.30. The van der Waals surface area contributed by atoms with E-state index in [-0.39, 0.29) is 5.56 Å². The molecule has 0 spiro atoms. The summed E-state index contributed by atoms with van der Waals surface area (Å²) in [7, 11) is 0. The van der Waals surface area contributed by atoms with Crippen molar-refractivity contribution >= 4 is 5.71 Å².